The number of rotatable bonds is 15. The molecular weight excluding hydrogens is 382 g/mol. The quantitative estimate of drug-likeness (QED) is 0.298. The number of aliphatic hydroxyl groups excluding tert-OH is 1. The molecule has 1 saturated carbocycles. The summed E-state index contributed by atoms with van der Waals surface area (Å²) >= 11 is 0. The summed E-state index contributed by atoms with van der Waals surface area (Å²) in [5, 5.41) is 18.7. The van der Waals surface area contributed by atoms with Gasteiger partial charge in [0.05, 0.1) is 6.10 Å². The van der Waals surface area contributed by atoms with Crippen LogP contribution in [0.25, 0.3) is 0 Å². The summed E-state index contributed by atoms with van der Waals surface area (Å²) < 4.78 is 27.7. The van der Waals surface area contributed by atoms with Crippen LogP contribution in [-0.4, -0.2) is 39.8 Å². The van der Waals surface area contributed by atoms with Crippen molar-refractivity contribution in [2.45, 2.75) is 96.0 Å². The normalized spacial score (nSPS) is 22.5. The van der Waals surface area contributed by atoms with Gasteiger partial charge in [-0.2, -0.15) is 8.78 Å². The van der Waals surface area contributed by atoms with Crippen molar-refractivity contribution in [3.63, 3.8) is 0 Å². The third-order valence-electron chi connectivity index (χ3n) is 5.61. The maximum absolute atomic E-state index is 13.8. The van der Waals surface area contributed by atoms with Crippen LogP contribution in [0, 0.1) is 11.8 Å². The molecule has 3 atom stereocenters. The lowest BCUT2D eigenvalue weighted by Crippen LogP contribution is -2.30. The standard InChI is InChI=1S/C22H34F2O5/c1-2-3-14-22(23,24)20(27)13-12-17-16(18(25)15-19(17)26)10-8-6-4-5-7-9-11-21(28)29/h6,8,16-17,19,26H,2-5,7,9-15H2,1H3,(H,28,29)/b8-6-/t16-,17-,19-/m1/s1. The van der Waals surface area contributed by atoms with Gasteiger partial charge in [-0.3, -0.25) is 14.4 Å². The molecule has 166 valence electrons. The minimum atomic E-state index is -3.33. The average Bonchev–Trinajstić information content (AvgIpc) is 2.92. The monoisotopic (exact) mass is 416 g/mol. The lowest BCUT2D eigenvalue weighted by Gasteiger charge is -2.21. The van der Waals surface area contributed by atoms with E-state index in [1.165, 1.54) is 0 Å². The van der Waals surface area contributed by atoms with Crippen molar-refractivity contribution in [1.82, 2.24) is 0 Å². The zero-order chi connectivity index (χ0) is 21.9. The van der Waals surface area contributed by atoms with E-state index in [1.807, 2.05) is 12.2 Å². The largest absolute Gasteiger partial charge is 0.481 e. The number of allylic oxidation sites excluding steroid dienone is 2. The number of ketones is 2. The van der Waals surface area contributed by atoms with Crippen LogP contribution in [-0.2, 0) is 14.4 Å². The Labute approximate surface area is 171 Å². The molecule has 0 spiro atoms. The number of halogens is 2. The summed E-state index contributed by atoms with van der Waals surface area (Å²) in [6, 6.07) is 0. The van der Waals surface area contributed by atoms with Crippen LogP contribution in [0.15, 0.2) is 12.2 Å². The highest BCUT2D eigenvalue weighted by Crippen LogP contribution is 2.36. The highest BCUT2D eigenvalue weighted by Gasteiger charge is 2.43. The number of Topliss-reactive ketones (excluding diaryl/α,β-unsaturated/α-hetero) is 2. The predicted octanol–water partition coefficient (Wildman–Crippen LogP) is 4.71. The first-order chi connectivity index (χ1) is 13.7. The van der Waals surface area contributed by atoms with E-state index in [0.717, 1.165) is 19.3 Å². The Morgan fingerprint density at radius 2 is 1.86 bits per heavy atom. The Bertz CT molecular complexity index is 574. The molecule has 29 heavy (non-hydrogen) atoms. The Balaban J connectivity index is 2.44. The van der Waals surface area contributed by atoms with Crippen LogP contribution in [0.1, 0.15) is 84.0 Å². The zero-order valence-electron chi connectivity index (χ0n) is 17.2. The average molecular weight is 417 g/mol. The number of carbonyl (C=O) groups is 3. The number of alkyl halides is 2. The first kappa shape index (κ1) is 25.4. The Kier molecular flexibility index (Phi) is 11.2. The molecule has 0 radical (unpaired) electrons. The number of hydrogen-bond donors (Lipinski definition) is 2. The topological polar surface area (TPSA) is 91.7 Å². The smallest absolute Gasteiger partial charge is 0.305 e. The van der Waals surface area contributed by atoms with Gasteiger partial charge in [0.25, 0.3) is 0 Å². The van der Waals surface area contributed by atoms with E-state index in [9.17, 15) is 28.3 Å². The molecule has 0 aromatic heterocycles. The lowest BCUT2D eigenvalue weighted by atomic mass is 9.86. The number of carboxylic acid groups (broad SMARTS) is 1. The number of unbranched alkanes of at least 4 members (excludes halogenated alkanes) is 4. The summed E-state index contributed by atoms with van der Waals surface area (Å²) in [5.74, 6) is -6.23. The van der Waals surface area contributed by atoms with Gasteiger partial charge in [0, 0.05) is 31.6 Å². The molecule has 0 aromatic rings. The summed E-state index contributed by atoms with van der Waals surface area (Å²) in [6.07, 6.45) is 6.79. The van der Waals surface area contributed by atoms with Crippen molar-refractivity contribution in [1.29, 1.82) is 0 Å². The first-order valence-electron chi connectivity index (χ1n) is 10.7. The van der Waals surface area contributed by atoms with Gasteiger partial charge in [0.1, 0.15) is 5.78 Å². The summed E-state index contributed by atoms with van der Waals surface area (Å²) in [4.78, 5) is 34.5. The second-order valence-corrected chi connectivity index (χ2v) is 7.98. The number of carboxylic acids is 1. The SMILES string of the molecule is CCCCC(F)(F)C(=O)CC[C@H]1[C@H](O)CC(=O)[C@@H]1C/C=C\CCCCCC(=O)O. The van der Waals surface area contributed by atoms with Crippen molar-refractivity contribution in [3.8, 4) is 0 Å². The molecule has 5 nitrogen and oxygen atoms in total. The number of aliphatic hydroxyl groups is 1. The van der Waals surface area contributed by atoms with Crippen molar-refractivity contribution in [3.05, 3.63) is 12.2 Å². The fourth-order valence-electron chi connectivity index (χ4n) is 3.81. The van der Waals surface area contributed by atoms with Crippen molar-refractivity contribution < 1.29 is 33.4 Å². The molecule has 0 amide bonds. The molecule has 1 aliphatic carbocycles. The van der Waals surface area contributed by atoms with Crippen LogP contribution in [0.3, 0.4) is 0 Å². The fourth-order valence-corrected chi connectivity index (χ4v) is 3.81. The van der Waals surface area contributed by atoms with E-state index < -0.39 is 42.0 Å². The van der Waals surface area contributed by atoms with E-state index in [2.05, 4.69) is 0 Å². The number of aliphatic carboxylic acids is 1. The molecular formula is C22H34F2O5. The number of hydrogen-bond acceptors (Lipinski definition) is 4. The van der Waals surface area contributed by atoms with Crippen LogP contribution in [0.5, 0.6) is 0 Å². The third kappa shape index (κ3) is 9.15. The van der Waals surface area contributed by atoms with Gasteiger partial charge in [-0.25, -0.2) is 0 Å². The van der Waals surface area contributed by atoms with Gasteiger partial charge >= 0.3 is 11.9 Å². The molecule has 0 aliphatic heterocycles. The summed E-state index contributed by atoms with van der Waals surface area (Å²) in [6.45, 7) is 1.79. The maximum Gasteiger partial charge on any atom is 0.305 e. The minimum absolute atomic E-state index is 0.0127. The maximum atomic E-state index is 13.8. The second kappa shape index (κ2) is 12.8. The zero-order valence-corrected chi connectivity index (χ0v) is 17.2. The molecule has 0 unspecified atom stereocenters. The Morgan fingerprint density at radius 3 is 2.52 bits per heavy atom. The van der Waals surface area contributed by atoms with E-state index in [0.29, 0.717) is 19.3 Å². The first-order valence-corrected chi connectivity index (χ1v) is 10.7. The Hall–Kier alpha value is -1.63. The van der Waals surface area contributed by atoms with E-state index >= 15 is 0 Å². The Morgan fingerprint density at radius 1 is 1.14 bits per heavy atom. The molecule has 2 N–H and O–H groups in total. The second-order valence-electron chi connectivity index (χ2n) is 7.98. The molecule has 0 aromatic carbocycles. The molecule has 1 aliphatic rings. The van der Waals surface area contributed by atoms with Gasteiger partial charge in [0.2, 0.25) is 5.78 Å². The molecule has 7 heteroatoms. The molecule has 1 rings (SSSR count). The third-order valence-corrected chi connectivity index (χ3v) is 5.61. The van der Waals surface area contributed by atoms with Crippen LogP contribution in [0.2, 0.25) is 0 Å². The predicted molar refractivity (Wildman–Crippen MR) is 106 cm³/mol. The van der Waals surface area contributed by atoms with Crippen LogP contribution >= 0.6 is 0 Å². The van der Waals surface area contributed by atoms with E-state index in [-0.39, 0.29) is 37.9 Å². The van der Waals surface area contributed by atoms with E-state index in [4.69, 9.17) is 5.11 Å². The fraction of sp³-hybridized carbons (Fsp3) is 0.773. The van der Waals surface area contributed by atoms with Crippen LogP contribution in [0.4, 0.5) is 8.78 Å². The van der Waals surface area contributed by atoms with E-state index in [1.54, 1.807) is 6.92 Å². The van der Waals surface area contributed by atoms with Crippen LogP contribution < -0.4 is 0 Å². The summed E-state index contributed by atoms with van der Waals surface area (Å²) in [5.41, 5.74) is 0. The highest BCUT2D eigenvalue weighted by atomic mass is 19.3. The van der Waals surface area contributed by atoms with Crippen molar-refractivity contribution >= 4 is 17.5 Å². The number of carbonyl (C=O) groups excluding carboxylic acids is 2. The molecule has 0 bridgehead atoms. The van der Waals surface area contributed by atoms with Gasteiger partial charge in [0.15, 0.2) is 0 Å². The van der Waals surface area contributed by atoms with Gasteiger partial charge in [-0.15, -0.1) is 0 Å². The highest BCUT2D eigenvalue weighted by molar-refractivity contribution is 5.86. The molecule has 1 fully saturated rings. The lowest BCUT2D eigenvalue weighted by molar-refractivity contribution is -0.144. The van der Waals surface area contributed by atoms with Crippen molar-refractivity contribution in [2.75, 3.05) is 0 Å². The minimum Gasteiger partial charge on any atom is -0.481 e. The summed E-state index contributed by atoms with van der Waals surface area (Å²) in [7, 11) is 0. The molecule has 0 saturated heterocycles. The molecule has 0 heterocycles. The van der Waals surface area contributed by atoms with Gasteiger partial charge in [-0.1, -0.05) is 31.9 Å². The van der Waals surface area contributed by atoms with Crippen molar-refractivity contribution in [2.24, 2.45) is 11.8 Å². The van der Waals surface area contributed by atoms with Gasteiger partial charge in [-0.05, 0) is 44.4 Å². The van der Waals surface area contributed by atoms with Gasteiger partial charge < -0.3 is 10.2 Å².